The molecule has 3 aromatic rings. The van der Waals surface area contributed by atoms with Gasteiger partial charge in [-0.25, -0.2) is 4.98 Å². The average Bonchev–Trinajstić information content (AvgIpc) is 3.28. The van der Waals surface area contributed by atoms with Crippen molar-refractivity contribution in [3.05, 3.63) is 60.2 Å². The first-order valence-electron chi connectivity index (χ1n) is 9.73. The topological polar surface area (TPSA) is 64.7 Å². The second-order valence-electron chi connectivity index (χ2n) is 6.94. The number of carbonyl (C=O) groups is 1. The fourth-order valence-electron chi connectivity index (χ4n) is 3.67. The summed E-state index contributed by atoms with van der Waals surface area (Å²) in [6.45, 7) is 2.34. The van der Waals surface area contributed by atoms with Crippen LogP contribution in [0.15, 0.2) is 48.8 Å². The lowest BCUT2D eigenvalue weighted by atomic mass is 10.1. The predicted octanol–water partition coefficient (Wildman–Crippen LogP) is 3.29. The summed E-state index contributed by atoms with van der Waals surface area (Å²) in [6, 6.07) is 12.1. The number of nitrogens with zero attached hydrogens (tertiary/aromatic N) is 4. The van der Waals surface area contributed by atoms with Crippen molar-refractivity contribution in [3.8, 4) is 11.4 Å². The lowest BCUT2D eigenvalue weighted by molar-refractivity contribution is 0.0947. The molecular formula is C21H25N5O. The summed E-state index contributed by atoms with van der Waals surface area (Å²) in [4.78, 5) is 17.6. The van der Waals surface area contributed by atoms with Gasteiger partial charge in [0.05, 0.1) is 5.69 Å². The van der Waals surface area contributed by atoms with Gasteiger partial charge in [-0.05, 0) is 31.7 Å². The van der Waals surface area contributed by atoms with Crippen molar-refractivity contribution < 1.29 is 4.79 Å². The molecular weight excluding hydrogens is 338 g/mol. The molecule has 1 aliphatic rings. The third kappa shape index (κ3) is 3.94. The van der Waals surface area contributed by atoms with Gasteiger partial charge in [0.2, 0.25) is 0 Å². The van der Waals surface area contributed by atoms with E-state index in [2.05, 4.69) is 27.1 Å². The molecule has 27 heavy (non-hydrogen) atoms. The molecule has 0 fully saturated rings. The van der Waals surface area contributed by atoms with E-state index in [1.165, 1.54) is 6.42 Å². The number of aryl methyl sites for hydroxylation is 1. The summed E-state index contributed by atoms with van der Waals surface area (Å²) in [5.74, 6) is 0.845. The number of rotatable bonds is 6. The second kappa shape index (κ2) is 8.20. The van der Waals surface area contributed by atoms with Gasteiger partial charge >= 0.3 is 0 Å². The SMILES string of the molecule is O=C(NCCCn1cccn1)c1nc(-c2ccccc2)n2c1CCCCC2. The Morgan fingerprint density at radius 2 is 2.00 bits per heavy atom. The predicted molar refractivity (Wildman–Crippen MR) is 104 cm³/mol. The Bertz CT molecular complexity index is 883. The molecule has 0 atom stereocenters. The minimum absolute atomic E-state index is 0.0664. The lowest BCUT2D eigenvalue weighted by Crippen LogP contribution is -2.26. The minimum atomic E-state index is -0.0664. The van der Waals surface area contributed by atoms with Crippen molar-refractivity contribution in [1.29, 1.82) is 0 Å². The van der Waals surface area contributed by atoms with Crippen molar-refractivity contribution in [1.82, 2.24) is 24.6 Å². The molecule has 6 nitrogen and oxygen atoms in total. The highest BCUT2D eigenvalue weighted by Crippen LogP contribution is 2.27. The van der Waals surface area contributed by atoms with Crippen LogP contribution >= 0.6 is 0 Å². The molecule has 2 aromatic heterocycles. The van der Waals surface area contributed by atoms with E-state index in [1.807, 2.05) is 35.1 Å². The Kier molecular flexibility index (Phi) is 5.32. The van der Waals surface area contributed by atoms with Gasteiger partial charge in [0.25, 0.3) is 5.91 Å². The average molecular weight is 363 g/mol. The normalized spacial score (nSPS) is 13.8. The molecule has 3 heterocycles. The van der Waals surface area contributed by atoms with E-state index in [-0.39, 0.29) is 5.91 Å². The maximum Gasteiger partial charge on any atom is 0.271 e. The second-order valence-corrected chi connectivity index (χ2v) is 6.94. The number of imidazole rings is 1. The molecule has 0 aliphatic carbocycles. The van der Waals surface area contributed by atoms with Gasteiger partial charge in [-0.1, -0.05) is 36.8 Å². The molecule has 4 rings (SSSR count). The van der Waals surface area contributed by atoms with Crippen LogP contribution in [0.3, 0.4) is 0 Å². The molecule has 1 N–H and O–H groups in total. The van der Waals surface area contributed by atoms with E-state index < -0.39 is 0 Å². The molecule has 0 bridgehead atoms. The van der Waals surface area contributed by atoms with Crippen molar-refractivity contribution in [2.45, 2.75) is 45.2 Å². The molecule has 6 heteroatoms. The highest BCUT2D eigenvalue weighted by atomic mass is 16.1. The van der Waals surface area contributed by atoms with Gasteiger partial charge in [0.15, 0.2) is 0 Å². The van der Waals surface area contributed by atoms with Crippen LogP contribution in [0.1, 0.15) is 41.9 Å². The summed E-state index contributed by atoms with van der Waals surface area (Å²) in [6.07, 6.45) is 8.90. The van der Waals surface area contributed by atoms with Crippen LogP contribution < -0.4 is 5.32 Å². The molecule has 1 aromatic carbocycles. The Morgan fingerprint density at radius 3 is 2.81 bits per heavy atom. The molecule has 1 aliphatic heterocycles. The fourth-order valence-corrected chi connectivity index (χ4v) is 3.67. The first-order chi connectivity index (χ1) is 13.3. The van der Waals surface area contributed by atoms with Gasteiger partial charge in [0.1, 0.15) is 11.5 Å². The first kappa shape index (κ1) is 17.5. The van der Waals surface area contributed by atoms with Crippen LogP contribution in [-0.2, 0) is 19.5 Å². The molecule has 0 spiro atoms. The van der Waals surface area contributed by atoms with Crippen molar-refractivity contribution >= 4 is 5.91 Å². The van der Waals surface area contributed by atoms with Crippen molar-refractivity contribution in [3.63, 3.8) is 0 Å². The number of nitrogens with one attached hydrogen (secondary N) is 1. The Balaban J connectivity index is 1.51. The molecule has 0 saturated carbocycles. The standard InChI is InChI=1S/C21H25N5O/c27-21(22-12-7-14-25-15-8-13-23-25)19-18-11-5-2-6-16-26(18)20(24-19)17-9-3-1-4-10-17/h1,3-4,8-10,13,15H,2,5-7,11-12,14,16H2,(H,22,27). The maximum absolute atomic E-state index is 12.8. The lowest BCUT2D eigenvalue weighted by Gasteiger charge is -2.09. The molecule has 1 amide bonds. The van der Waals surface area contributed by atoms with E-state index in [4.69, 9.17) is 4.98 Å². The summed E-state index contributed by atoms with van der Waals surface area (Å²) in [5, 5.41) is 7.23. The molecule has 0 radical (unpaired) electrons. The zero-order chi connectivity index (χ0) is 18.5. The number of carbonyl (C=O) groups excluding carboxylic acids is 1. The van der Waals surface area contributed by atoms with Gasteiger partial charge in [0, 0.05) is 37.6 Å². The number of aromatic nitrogens is 4. The molecule has 0 saturated heterocycles. The quantitative estimate of drug-likeness (QED) is 0.684. The number of amides is 1. The van der Waals surface area contributed by atoms with Crippen LogP contribution in [-0.4, -0.2) is 31.8 Å². The van der Waals surface area contributed by atoms with Gasteiger partial charge in [-0.2, -0.15) is 5.10 Å². The van der Waals surface area contributed by atoms with Crippen molar-refractivity contribution in [2.75, 3.05) is 6.54 Å². The smallest absolute Gasteiger partial charge is 0.271 e. The van der Waals surface area contributed by atoms with E-state index >= 15 is 0 Å². The summed E-state index contributed by atoms with van der Waals surface area (Å²) in [7, 11) is 0. The zero-order valence-corrected chi connectivity index (χ0v) is 15.5. The Labute approximate surface area is 159 Å². The molecule has 140 valence electrons. The first-order valence-corrected chi connectivity index (χ1v) is 9.73. The van der Waals surface area contributed by atoms with Crippen LogP contribution in [0.25, 0.3) is 11.4 Å². The van der Waals surface area contributed by atoms with Gasteiger partial charge in [-0.15, -0.1) is 0 Å². The number of hydrogen-bond acceptors (Lipinski definition) is 3. The van der Waals surface area contributed by atoms with Crippen molar-refractivity contribution in [2.24, 2.45) is 0 Å². The third-order valence-corrected chi connectivity index (χ3v) is 5.02. The van der Waals surface area contributed by atoms with Crippen LogP contribution in [0.4, 0.5) is 0 Å². The van der Waals surface area contributed by atoms with E-state index in [0.717, 1.165) is 55.9 Å². The number of hydrogen-bond donors (Lipinski definition) is 1. The number of fused-ring (bicyclic) bond motifs is 1. The minimum Gasteiger partial charge on any atom is -0.351 e. The monoisotopic (exact) mass is 363 g/mol. The third-order valence-electron chi connectivity index (χ3n) is 5.02. The highest BCUT2D eigenvalue weighted by molar-refractivity contribution is 5.94. The molecule has 0 unspecified atom stereocenters. The van der Waals surface area contributed by atoms with E-state index in [9.17, 15) is 4.79 Å². The Hall–Kier alpha value is -2.89. The van der Waals surface area contributed by atoms with Crippen LogP contribution in [0, 0.1) is 0 Å². The maximum atomic E-state index is 12.8. The summed E-state index contributed by atoms with van der Waals surface area (Å²) in [5.41, 5.74) is 2.74. The Morgan fingerprint density at radius 1 is 1.11 bits per heavy atom. The van der Waals surface area contributed by atoms with Gasteiger partial charge < -0.3 is 9.88 Å². The van der Waals surface area contributed by atoms with Gasteiger partial charge in [-0.3, -0.25) is 9.48 Å². The summed E-state index contributed by atoms with van der Waals surface area (Å²) >= 11 is 0. The fraction of sp³-hybridized carbons (Fsp3) is 0.381. The largest absolute Gasteiger partial charge is 0.351 e. The van der Waals surface area contributed by atoms with E-state index in [1.54, 1.807) is 6.20 Å². The van der Waals surface area contributed by atoms with E-state index in [0.29, 0.717) is 12.2 Å². The summed E-state index contributed by atoms with van der Waals surface area (Å²) < 4.78 is 4.13. The highest BCUT2D eigenvalue weighted by Gasteiger charge is 2.23. The number of benzene rings is 1. The zero-order valence-electron chi connectivity index (χ0n) is 15.5. The van der Waals surface area contributed by atoms with Crippen LogP contribution in [0.5, 0.6) is 0 Å². The van der Waals surface area contributed by atoms with Crippen LogP contribution in [0.2, 0.25) is 0 Å².